The maximum Gasteiger partial charge on any atom is 0.241 e. The molecule has 1 amide bonds. The van der Waals surface area contributed by atoms with Crippen molar-refractivity contribution < 1.29 is 17.9 Å². The predicted octanol–water partition coefficient (Wildman–Crippen LogP) is 4.61. The van der Waals surface area contributed by atoms with Crippen LogP contribution in [0.25, 0.3) is 0 Å². The molecule has 0 aliphatic heterocycles. The van der Waals surface area contributed by atoms with E-state index in [-0.39, 0.29) is 17.4 Å². The van der Waals surface area contributed by atoms with Gasteiger partial charge in [0.05, 0.1) is 17.5 Å². The van der Waals surface area contributed by atoms with E-state index in [0.717, 1.165) is 15.6 Å². The van der Waals surface area contributed by atoms with Crippen LogP contribution < -0.4 is 14.8 Å². The molecule has 0 unspecified atom stereocenters. The van der Waals surface area contributed by atoms with E-state index >= 15 is 0 Å². The van der Waals surface area contributed by atoms with Gasteiger partial charge in [0.1, 0.15) is 11.8 Å². The molecule has 2 N–H and O–H groups in total. The molecule has 3 aromatic carbocycles. The van der Waals surface area contributed by atoms with Gasteiger partial charge < -0.3 is 10.1 Å². The van der Waals surface area contributed by atoms with Gasteiger partial charge in [-0.05, 0) is 67.8 Å². The molecule has 0 aliphatic carbocycles. The van der Waals surface area contributed by atoms with Crippen molar-refractivity contribution in [1.29, 1.82) is 0 Å². The second kappa shape index (κ2) is 11.4. The van der Waals surface area contributed by atoms with Crippen molar-refractivity contribution in [1.82, 2.24) is 10.0 Å². The van der Waals surface area contributed by atoms with E-state index in [9.17, 15) is 13.2 Å². The molecular formula is C25H27BrN2O4S. The third-order valence-corrected chi connectivity index (χ3v) is 7.03. The average molecular weight is 531 g/mol. The Labute approximate surface area is 203 Å². The van der Waals surface area contributed by atoms with Crippen molar-refractivity contribution in [3.63, 3.8) is 0 Å². The van der Waals surface area contributed by atoms with Crippen molar-refractivity contribution in [3.8, 4) is 5.75 Å². The van der Waals surface area contributed by atoms with Crippen LogP contribution in [0, 0.1) is 0 Å². The van der Waals surface area contributed by atoms with E-state index in [1.165, 1.54) is 12.1 Å². The smallest absolute Gasteiger partial charge is 0.241 e. The monoisotopic (exact) mass is 530 g/mol. The Hall–Kier alpha value is -2.68. The van der Waals surface area contributed by atoms with E-state index in [1.54, 1.807) is 12.1 Å². The second-order valence-electron chi connectivity index (χ2n) is 7.55. The van der Waals surface area contributed by atoms with Gasteiger partial charge >= 0.3 is 0 Å². The summed E-state index contributed by atoms with van der Waals surface area (Å²) in [5, 5.41) is 2.94. The van der Waals surface area contributed by atoms with Crippen molar-refractivity contribution in [2.24, 2.45) is 0 Å². The number of nitrogens with one attached hydrogen (secondary N) is 2. The summed E-state index contributed by atoms with van der Waals surface area (Å²) in [5.74, 6) is 0.179. The summed E-state index contributed by atoms with van der Waals surface area (Å²) in [6, 6.07) is 21.8. The van der Waals surface area contributed by atoms with Gasteiger partial charge in [-0.2, -0.15) is 4.72 Å². The first-order valence-corrected chi connectivity index (χ1v) is 12.9. The molecule has 3 rings (SSSR count). The van der Waals surface area contributed by atoms with Crippen molar-refractivity contribution in [3.05, 3.63) is 94.5 Å². The number of hydrogen-bond acceptors (Lipinski definition) is 4. The Morgan fingerprint density at radius 2 is 1.70 bits per heavy atom. The average Bonchev–Trinajstić information content (AvgIpc) is 2.80. The summed E-state index contributed by atoms with van der Waals surface area (Å²) in [6.45, 7) is 4.20. The Morgan fingerprint density at radius 1 is 1.00 bits per heavy atom. The van der Waals surface area contributed by atoms with Crippen molar-refractivity contribution >= 4 is 31.9 Å². The van der Waals surface area contributed by atoms with Crippen LogP contribution in [0.1, 0.15) is 31.0 Å². The number of amides is 1. The molecule has 0 aliphatic rings. The van der Waals surface area contributed by atoms with Gasteiger partial charge in [0, 0.05) is 4.47 Å². The summed E-state index contributed by atoms with van der Waals surface area (Å²) in [6.07, 6.45) is 0.216. The maximum absolute atomic E-state index is 13.2. The number of carbonyl (C=O) groups excluding carboxylic acids is 1. The number of sulfonamides is 1. The number of hydrogen-bond donors (Lipinski definition) is 2. The number of carbonyl (C=O) groups is 1. The maximum atomic E-state index is 13.2. The van der Waals surface area contributed by atoms with Crippen LogP contribution in [0.5, 0.6) is 5.75 Å². The Balaban J connectivity index is 1.81. The van der Waals surface area contributed by atoms with Crippen molar-refractivity contribution in [2.45, 2.75) is 37.2 Å². The molecule has 0 saturated carbocycles. The summed E-state index contributed by atoms with van der Waals surface area (Å²) < 4.78 is 35.0. The minimum absolute atomic E-state index is 0.0665. The molecule has 6 nitrogen and oxygen atoms in total. The van der Waals surface area contributed by atoms with Gasteiger partial charge in [-0.1, -0.05) is 58.4 Å². The molecule has 2 atom stereocenters. The Bertz CT molecular complexity index is 1170. The molecule has 0 saturated heterocycles. The number of rotatable bonds is 10. The van der Waals surface area contributed by atoms with Crippen LogP contribution >= 0.6 is 15.9 Å². The van der Waals surface area contributed by atoms with E-state index in [4.69, 9.17) is 4.74 Å². The number of benzene rings is 3. The fraction of sp³-hybridized carbons (Fsp3) is 0.240. The van der Waals surface area contributed by atoms with Gasteiger partial charge in [0.2, 0.25) is 15.9 Å². The first kappa shape index (κ1) is 25.0. The van der Waals surface area contributed by atoms with Gasteiger partial charge in [-0.3, -0.25) is 4.79 Å². The lowest BCUT2D eigenvalue weighted by atomic mass is 10.0. The van der Waals surface area contributed by atoms with Crippen LogP contribution in [-0.2, 0) is 21.2 Å². The summed E-state index contributed by atoms with van der Waals surface area (Å²) >= 11 is 3.44. The predicted molar refractivity (Wildman–Crippen MR) is 133 cm³/mol. The lowest BCUT2D eigenvalue weighted by Gasteiger charge is -2.22. The largest absolute Gasteiger partial charge is 0.494 e. The topological polar surface area (TPSA) is 84.5 Å². The van der Waals surface area contributed by atoms with E-state index in [1.807, 2.05) is 68.4 Å². The third kappa shape index (κ3) is 7.15. The lowest BCUT2D eigenvalue weighted by molar-refractivity contribution is -0.123. The molecule has 0 bridgehead atoms. The molecule has 3 aromatic rings. The van der Waals surface area contributed by atoms with Gasteiger partial charge in [-0.25, -0.2) is 8.42 Å². The lowest BCUT2D eigenvalue weighted by Crippen LogP contribution is -2.48. The van der Waals surface area contributed by atoms with Gasteiger partial charge in [-0.15, -0.1) is 0 Å². The highest BCUT2D eigenvalue weighted by molar-refractivity contribution is 9.10. The zero-order valence-corrected chi connectivity index (χ0v) is 20.9. The van der Waals surface area contributed by atoms with Gasteiger partial charge in [0.15, 0.2) is 0 Å². The highest BCUT2D eigenvalue weighted by atomic mass is 79.9. The van der Waals surface area contributed by atoms with E-state index in [2.05, 4.69) is 26.0 Å². The zero-order chi connectivity index (χ0) is 23.8. The summed E-state index contributed by atoms with van der Waals surface area (Å²) in [7, 11) is -3.94. The molecule has 0 radical (unpaired) electrons. The first-order valence-electron chi connectivity index (χ1n) is 10.6. The fourth-order valence-corrected chi connectivity index (χ4v) is 4.96. The third-order valence-electron chi connectivity index (χ3n) is 5.05. The minimum atomic E-state index is -3.94. The normalized spacial score (nSPS) is 13.2. The molecular weight excluding hydrogens is 504 g/mol. The molecule has 0 heterocycles. The molecule has 0 aromatic heterocycles. The van der Waals surface area contributed by atoms with Crippen LogP contribution in [-0.4, -0.2) is 27.0 Å². The van der Waals surface area contributed by atoms with Crippen LogP contribution in [0.2, 0.25) is 0 Å². The highest BCUT2D eigenvalue weighted by Gasteiger charge is 2.27. The number of halogens is 1. The van der Waals surface area contributed by atoms with Crippen molar-refractivity contribution in [2.75, 3.05) is 6.61 Å². The Kier molecular flexibility index (Phi) is 8.66. The number of ether oxygens (including phenoxy) is 1. The quantitative estimate of drug-likeness (QED) is 0.400. The fourth-order valence-electron chi connectivity index (χ4n) is 3.35. The second-order valence-corrected chi connectivity index (χ2v) is 10.2. The first-order chi connectivity index (χ1) is 15.8. The molecule has 0 spiro atoms. The van der Waals surface area contributed by atoms with E-state index in [0.29, 0.717) is 12.4 Å². The van der Waals surface area contributed by atoms with Crippen LogP contribution in [0.4, 0.5) is 0 Å². The standard InChI is InChI=1S/C25H27BrN2O4S/c1-3-32-22-12-14-23(15-13-22)33(30,31)28-24(16-19-8-5-4-6-9-19)25(29)27-18(2)20-10-7-11-21(26)17-20/h4-15,17-18,24,28H,3,16H2,1-2H3,(H,27,29)/t18-,24+/m1/s1. The van der Waals surface area contributed by atoms with Crippen LogP contribution in [0.15, 0.2) is 88.2 Å². The minimum Gasteiger partial charge on any atom is -0.494 e. The molecule has 33 heavy (non-hydrogen) atoms. The highest BCUT2D eigenvalue weighted by Crippen LogP contribution is 2.19. The SMILES string of the molecule is CCOc1ccc(S(=O)(=O)N[C@@H](Cc2ccccc2)C(=O)N[C@H](C)c2cccc(Br)c2)cc1. The molecule has 174 valence electrons. The zero-order valence-electron chi connectivity index (χ0n) is 18.5. The summed E-state index contributed by atoms with van der Waals surface area (Å²) in [5.41, 5.74) is 1.76. The summed E-state index contributed by atoms with van der Waals surface area (Å²) in [4.78, 5) is 13.3. The Morgan fingerprint density at radius 3 is 2.33 bits per heavy atom. The van der Waals surface area contributed by atoms with E-state index < -0.39 is 22.0 Å². The molecule has 0 fully saturated rings. The van der Waals surface area contributed by atoms with Gasteiger partial charge in [0.25, 0.3) is 0 Å². The van der Waals surface area contributed by atoms with Crippen LogP contribution in [0.3, 0.4) is 0 Å². The molecule has 8 heteroatoms.